The van der Waals surface area contributed by atoms with Gasteiger partial charge in [0.2, 0.25) is 5.91 Å². The standard InChI is InChI=1S/C17H32N4O2/c1-4-23-9-5-8-18-17(19-12-16(22)21(2)3)20-15-11-13-6-7-14(15)10-13/h13-15H,4-12H2,1-3H3,(H2,18,19,20). The third kappa shape index (κ3) is 5.68. The van der Waals surface area contributed by atoms with Crippen molar-refractivity contribution >= 4 is 11.9 Å². The van der Waals surface area contributed by atoms with Crippen molar-refractivity contribution in [3.63, 3.8) is 0 Å². The van der Waals surface area contributed by atoms with E-state index in [4.69, 9.17) is 4.74 Å². The van der Waals surface area contributed by atoms with Crippen molar-refractivity contribution in [2.24, 2.45) is 16.8 Å². The molecule has 23 heavy (non-hydrogen) atoms. The molecule has 2 saturated carbocycles. The van der Waals surface area contributed by atoms with Gasteiger partial charge in [-0.1, -0.05) is 6.42 Å². The van der Waals surface area contributed by atoms with Crippen LogP contribution in [-0.4, -0.2) is 63.2 Å². The van der Waals surface area contributed by atoms with Gasteiger partial charge in [0.05, 0.1) is 0 Å². The summed E-state index contributed by atoms with van der Waals surface area (Å²) in [6.07, 6.45) is 6.25. The van der Waals surface area contributed by atoms with Crippen molar-refractivity contribution in [1.29, 1.82) is 0 Å². The van der Waals surface area contributed by atoms with Gasteiger partial charge < -0.3 is 20.3 Å². The predicted octanol–water partition coefficient (Wildman–Crippen LogP) is 1.23. The molecule has 2 bridgehead atoms. The van der Waals surface area contributed by atoms with Gasteiger partial charge >= 0.3 is 0 Å². The maximum atomic E-state index is 11.8. The Morgan fingerprint density at radius 1 is 1.30 bits per heavy atom. The molecule has 6 nitrogen and oxygen atoms in total. The van der Waals surface area contributed by atoms with Crippen LogP contribution in [0.15, 0.2) is 4.99 Å². The quantitative estimate of drug-likeness (QED) is 0.400. The van der Waals surface area contributed by atoms with Gasteiger partial charge in [-0.25, -0.2) is 4.99 Å². The molecule has 6 heteroatoms. The Morgan fingerprint density at radius 2 is 2.13 bits per heavy atom. The minimum Gasteiger partial charge on any atom is -0.382 e. The van der Waals surface area contributed by atoms with Gasteiger partial charge in [-0.2, -0.15) is 0 Å². The number of amides is 1. The number of likely N-dealkylation sites (N-methyl/N-ethyl adjacent to an activating group) is 1. The van der Waals surface area contributed by atoms with Crippen LogP contribution in [0.25, 0.3) is 0 Å². The molecule has 0 radical (unpaired) electrons. The summed E-state index contributed by atoms with van der Waals surface area (Å²) in [5, 5.41) is 6.91. The Morgan fingerprint density at radius 3 is 2.74 bits per heavy atom. The number of carbonyl (C=O) groups excluding carboxylic acids is 1. The maximum absolute atomic E-state index is 11.8. The van der Waals surface area contributed by atoms with Crippen LogP contribution in [0.2, 0.25) is 0 Å². The first-order valence-electron chi connectivity index (χ1n) is 8.93. The van der Waals surface area contributed by atoms with E-state index in [2.05, 4.69) is 15.6 Å². The number of aliphatic imine (C=N–C) groups is 1. The number of rotatable bonds is 8. The number of hydrogen-bond acceptors (Lipinski definition) is 3. The molecule has 0 saturated heterocycles. The zero-order valence-electron chi connectivity index (χ0n) is 14.8. The van der Waals surface area contributed by atoms with Crippen LogP contribution in [0.3, 0.4) is 0 Å². The first-order chi connectivity index (χ1) is 11.1. The first kappa shape index (κ1) is 18.0. The van der Waals surface area contributed by atoms with Crippen molar-refractivity contribution in [2.45, 2.75) is 45.1 Å². The van der Waals surface area contributed by atoms with Crippen LogP contribution in [0.5, 0.6) is 0 Å². The summed E-state index contributed by atoms with van der Waals surface area (Å²) in [7, 11) is 3.52. The van der Waals surface area contributed by atoms with E-state index in [-0.39, 0.29) is 12.5 Å². The minimum absolute atomic E-state index is 0.0216. The lowest BCUT2D eigenvalue weighted by atomic mass is 9.95. The minimum atomic E-state index is 0.0216. The van der Waals surface area contributed by atoms with E-state index < -0.39 is 0 Å². The van der Waals surface area contributed by atoms with Gasteiger partial charge in [-0.3, -0.25) is 4.79 Å². The second-order valence-electron chi connectivity index (χ2n) is 6.86. The highest BCUT2D eigenvalue weighted by molar-refractivity contribution is 5.85. The summed E-state index contributed by atoms with van der Waals surface area (Å²) in [6, 6.07) is 0.515. The molecule has 0 aromatic heterocycles. The summed E-state index contributed by atoms with van der Waals surface area (Å²) in [5.74, 6) is 2.46. The summed E-state index contributed by atoms with van der Waals surface area (Å²) >= 11 is 0. The molecule has 0 spiro atoms. The van der Waals surface area contributed by atoms with Crippen LogP contribution in [0, 0.1) is 11.8 Å². The molecule has 132 valence electrons. The topological polar surface area (TPSA) is 66.0 Å². The number of hydrogen-bond donors (Lipinski definition) is 2. The maximum Gasteiger partial charge on any atom is 0.243 e. The van der Waals surface area contributed by atoms with E-state index in [1.165, 1.54) is 25.7 Å². The highest BCUT2D eigenvalue weighted by atomic mass is 16.5. The lowest BCUT2D eigenvalue weighted by Crippen LogP contribution is -2.46. The van der Waals surface area contributed by atoms with Crippen molar-refractivity contribution in [3.8, 4) is 0 Å². The normalized spacial score (nSPS) is 26.4. The van der Waals surface area contributed by atoms with Crippen molar-refractivity contribution < 1.29 is 9.53 Å². The Bertz CT molecular complexity index is 411. The molecule has 1 amide bonds. The summed E-state index contributed by atoms with van der Waals surface area (Å²) in [5.41, 5.74) is 0. The van der Waals surface area contributed by atoms with E-state index in [0.29, 0.717) is 6.04 Å². The molecule has 2 aliphatic rings. The average molecular weight is 324 g/mol. The van der Waals surface area contributed by atoms with Crippen molar-refractivity contribution in [1.82, 2.24) is 15.5 Å². The Kier molecular flexibility index (Phi) is 7.15. The number of ether oxygens (including phenoxy) is 1. The monoisotopic (exact) mass is 324 g/mol. The molecular weight excluding hydrogens is 292 g/mol. The fourth-order valence-electron chi connectivity index (χ4n) is 3.56. The van der Waals surface area contributed by atoms with Crippen LogP contribution < -0.4 is 10.6 Å². The van der Waals surface area contributed by atoms with Gasteiger partial charge in [0.1, 0.15) is 6.54 Å². The SMILES string of the molecule is CCOCCCNC(=NCC(=O)N(C)C)NC1CC2CCC1C2. The number of carbonyl (C=O) groups is 1. The van der Waals surface area contributed by atoms with Gasteiger partial charge in [0, 0.05) is 39.9 Å². The molecule has 2 N–H and O–H groups in total. The molecule has 3 atom stereocenters. The third-order valence-electron chi connectivity index (χ3n) is 4.89. The third-order valence-corrected chi connectivity index (χ3v) is 4.89. The van der Waals surface area contributed by atoms with E-state index in [0.717, 1.165) is 44.0 Å². The molecule has 2 fully saturated rings. The highest BCUT2D eigenvalue weighted by Gasteiger charge is 2.39. The second kappa shape index (κ2) is 9.11. The highest BCUT2D eigenvalue weighted by Crippen LogP contribution is 2.44. The lowest BCUT2D eigenvalue weighted by molar-refractivity contribution is -0.127. The van der Waals surface area contributed by atoms with Crippen LogP contribution >= 0.6 is 0 Å². The zero-order chi connectivity index (χ0) is 16.7. The lowest BCUT2D eigenvalue weighted by Gasteiger charge is -2.25. The summed E-state index contributed by atoms with van der Waals surface area (Å²) in [6.45, 7) is 4.50. The largest absolute Gasteiger partial charge is 0.382 e. The van der Waals surface area contributed by atoms with Crippen molar-refractivity contribution in [2.75, 3.05) is 40.4 Å². The van der Waals surface area contributed by atoms with Crippen molar-refractivity contribution in [3.05, 3.63) is 0 Å². The van der Waals surface area contributed by atoms with E-state index in [1.54, 1.807) is 19.0 Å². The Labute approximate surface area is 140 Å². The van der Waals surface area contributed by atoms with Gasteiger partial charge in [-0.15, -0.1) is 0 Å². The molecular formula is C17H32N4O2. The smallest absolute Gasteiger partial charge is 0.243 e. The second-order valence-corrected chi connectivity index (χ2v) is 6.86. The number of fused-ring (bicyclic) bond motifs is 2. The van der Waals surface area contributed by atoms with Gasteiger partial charge in [0.15, 0.2) is 5.96 Å². The first-order valence-corrected chi connectivity index (χ1v) is 8.93. The average Bonchev–Trinajstić information content (AvgIpc) is 3.14. The van der Waals surface area contributed by atoms with E-state index in [1.807, 2.05) is 6.92 Å². The van der Waals surface area contributed by atoms with Gasteiger partial charge in [0.25, 0.3) is 0 Å². The molecule has 0 aromatic rings. The Balaban J connectivity index is 1.82. The molecule has 3 unspecified atom stereocenters. The zero-order valence-corrected chi connectivity index (χ0v) is 14.8. The number of nitrogens with one attached hydrogen (secondary N) is 2. The molecule has 0 aromatic carbocycles. The van der Waals surface area contributed by atoms with Crippen LogP contribution in [-0.2, 0) is 9.53 Å². The molecule has 0 heterocycles. The predicted molar refractivity (Wildman–Crippen MR) is 92.5 cm³/mol. The molecule has 2 aliphatic carbocycles. The fraction of sp³-hybridized carbons (Fsp3) is 0.882. The van der Waals surface area contributed by atoms with Gasteiger partial charge in [-0.05, 0) is 44.4 Å². The molecule has 2 rings (SSSR count). The fourth-order valence-corrected chi connectivity index (χ4v) is 3.56. The number of guanidine groups is 1. The van der Waals surface area contributed by atoms with Crippen LogP contribution in [0.1, 0.15) is 39.0 Å². The van der Waals surface area contributed by atoms with E-state index in [9.17, 15) is 4.79 Å². The van der Waals surface area contributed by atoms with Crippen LogP contribution in [0.4, 0.5) is 0 Å². The van der Waals surface area contributed by atoms with E-state index >= 15 is 0 Å². The number of nitrogens with zero attached hydrogens (tertiary/aromatic N) is 2. The molecule has 0 aliphatic heterocycles. The summed E-state index contributed by atoms with van der Waals surface area (Å²) in [4.78, 5) is 17.8. The summed E-state index contributed by atoms with van der Waals surface area (Å²) < 4.78 is 5.36. The Hall–Kier alpha value is -1.30.